The normalized spacial score (nSPS) is 24.7. The number of carbonyl (C=O) groups excluding carboxylic acids is 3. The van der Waals surface area contributed by atoms with E-state index in [4.69, 9.17) is 0 Å². The quantitative estimate of drug-likeness (QED) is 0.609. The minimum Gasteiger partial charge on any atom is -0.365 e. The summed E-state index contributed by atoms with van der Waals surface area (Å²) >= 11 is 0. The molecule has 3 atom stereocenters. The van der Waals surface area contributed by atoms with E-state index in [1.807, 2.05) is 38.8 Å². The molecule has 3 heterocycles. The average molecular weight is 450 g/mol. The van der Waals surface area contributed by atoms with Crippen molar-refractivity contribution in [2.45, 2.75) is 58.7 Å². The van der Waals surface area contributed by atoms with Crippen molar-refractivity contribution in [2.24, 2.45) is 5.92 Å². The van der Waals surface area contributed by atoms with Crippen molar-refractivity contribution in [3.05, 3.63) is 58.8 Å². The van der Waals surface area contributed by atoms with Crippen LogP contribution in [-0.2, 0) is 10.3 Å². The van der Waals surface area contributed by atoms with Crippen molar-refractivity contribution in [3.8, 4) is 0 Å². The van der Waals surface area contributed by atoms with Gasteiger partial charge in [0, 0.05) is 30.4 Å². The Morgan fingerprint density at radius 2 is 1.91 bits per heavy atom. The molecular formula is C25H31N5O3. The minimum atomic E-state index is -1.13. The summed E-state index contributed by atoms with van der Waals surface area (Å²) in [5.74, 6) is 0.274. The number of urea groups is 1. The maximum Gasteiger partial charge on any atom is 0.322 e. The van der Waals surface area contributed by atoms with Crippen molar-refractivity contribution in [1.29, 1.82) is 0 Å². The van der Waals surface area contributed by atoms with Gasteiger partial charge >= 0.3 is 6.03 Å². The monoisotopic (exact) mass is 449 g/mol. The highest BCUT2D eigenvalue weighted by molar-refractivity contribution is 6.07. The van der Waals surface area contributed by atoms with E-state index in [0.29, 0.717) is 17.7 Å². The van der Waals surface area contributed by atoms with Crippen molar-refractivity contribution in [1.82, 2.24) is 20.5 Å². The van der Waals surface area contributed by atoms with Gasteiger partial charge in [0.25, 0.3) is 11.8 Å². The van der Waals surface area contributed by atoms with E-state index < -0.39 is 11.6 Å². The van der Waals surface area contributed by atoms with Gasteiger partial charge in [0.2, 0.25) is 0 Å². The molecule has 2 fully saturated rings. The number of hydrogen-bond donors (Lipinski definition) is 3. The third-order valence-corrected chi connectivity index (χ3v) is 6.74. The molecule has 8 nitrogen and oxygen atoms in total. The Kier molecular flexibility index (Phi) is 5.86. The number of rotatable bonds is 5. The fourth-order valence-electron chi connectivity index (χ4n) is 4.93. The Hall–Kier alpha value is -3.42. The molecule has 0 aliphatic carbocycles. The van der Waals surface area contributed by atoms with E-state index in [9.17, 15) is 14.4 Å². The lowest BCUT2D eigenvalue weighted by Crippen LogP contribution is -2.48. The number of amides is 4. The third kappa shape index (κ3) is 4.05. The van der Waals surface area contributed by atoms with E-state index in [1.54, 1.807) is 24.3 Å². The Morgan fingerprint density at radius 3 is 2.48 bits per heavy atom. The summed E-state index contributed by atoms with van der Waals surface area (Å²) in [4.78, 5) is 44.0. The smallest absolute Gasteiger partial charge is 0.322 e. The third-order valence-electron chi connectivity index (χ3n) is 6.74. The molecule has 0 saturated carbocycles. The number of nitrogens with zero attached hydrogens (tertiary/aromatic N) is 2. The molecule has 0 radical (unpaired) electrons. The summed E-state index contributed by atoms with van der Waals surface area (Å²) in [5.41, 5.74) is 2.29. The van der Waals surface area contributed by atoms with E-state index in [-0.39, 0.29) is 29.8 Å². The van der Waals surface area contributed by atoms with Crippen molar-refractivity contribution in [3.63, 3.8) is 0 Å². The average Bonchev–Trinajstić information content (AvgIpc) is 3.28. The van der Waals surface area contributed by atoms with Gasteiger partial charge in [0.15, 0.2) is 0 Å². The van der Waals surface area contributed by atoms with Crippen molar-refractivity contribution >= 4 is 23.7 Å². The Labute approximate surface area is 194 Å². The summed E-state index contributed by atoms with van der Waals surface area (Å²) in [6, 6.07) is 8.79. The van der Waals surface area contributed by atoms with Gasteiger partial charge < -0.3 is 15.5 Å². The topological polar surface area (TPSA) is 103 Å². The van der Waals surface area contributed by atoms with Crippen LogP contribution in [0.2, 0.25) is 0 Å². The van der Waals surface area contributed by atoms with Crippen LogP contribution in [0.5, 0.6) is 0 Å². The van der Waals surface area contributed by atoms with Gasteiger partial charge in [-0.15, -0.1) is 0 Å². The highest BCUT2D eigenvalue weighted by Crippen LogP contribution is 2.33. The fourth-order valence-corrected chi connectivity index (χ4v) is 4.93. The van der Waals surface area contributed by atoms with Gasteiger partial charge in [-0.2, -0.15) is 0 Å². The number of carbonyl (C=O) groups is 3. The largest absolute Gasteiger partial charge is 0.365 e. The molecule has 3 N–H and O–H groups in total. The number of likely N-dealkylation sites (tertiary alicyclic amines) is 1. The summed E-state index contributed by atoms with van der Waals surface area (Å²) in [6.07, 6.45) is 2.68. The fraction of sp³-hybridized carbons (Fsp3) is 0.440. The first-order chi connectivity index (χ1) is 15.6. The summed E-state index contributed by atoms with van der Waals surface area (Å²) in [5, 5.41) is 8.59. The molecule has 0 bridgehead atoms. The molecule has 174 valence electrons. The number of hydrogen-bond acceptors (Lipinski definition) is 5. The van der Waals surface area contributed by atoms with E-state index in [1.165, 1.54) is 0 Å². The first-order valence-electron chi connectivity index (χ1n) is 11.4. The lowest BCUT2D eigenvalue weighted by atomic mass is 9.79. The second-order valence-corrected chi connectivity index (χ2v) is 9.51. The SMILES string of the molecule is Cc1cnc(N[C@H]2C[C@H](C)N(C(=O)c3ccc(C4(C(C)C)NC(=O)NC4=O)cc3)C2)c(C)c1. The predicted molar refractivity (Wildman–Crippen MR) is 126 cm³/mol. The molecule has 2 aliphatic rings. The summed E-state index contributed by atoms with van der Waals surface area (Å²) in [6.45, 7) is 10.5. The van der Waals surface area contributed by atoms with Crippen LogP contribution >= 0.6 is 0 Å². The van der Waals surface area contributed by atoms with Crippen molar-refractivity contribution < 1.29 is 14.4 Å². The van der Waals surface area contributed by atoms with Crippen LogP contribution in [0.25, 0.3) is 0 Å². The zero-order chi connectivity index (χ0) is 23.9. The maximum atomic E-state index is 13.3. The Bertz CT molecular complexity index is 1100. The highest BCUT2D eigenvalue weighted by atomic mass is 16.2. The molecule has 33 heavy (non-hydrogen) atoms. The van der Waals surface area contributed by atoms with Crippen LogP contribution in [0, 0.1) is 19.8 Å². The van der Waals surface area contributed by atoms with Crippen LogP contribution < -0.4 is 16.0 Å². The number of anilines is 1. The number of aryl methyl sites for hydroxylation is 2. The predicted octanol–water partition coefficient (Wildman–Crippen LogP) is 3.10. The highest BCUT2D eigenvalue weighted by Gasteiger charge is 2.50. The lowest BCUT2D eigenvalue weighted by Gasteiger charge is -2.31. The van der Waals surface area contributed by atoms with E-state index in [0.717, 1.165) is 23.4 Å². The Balaban J connectivity index is 1.49. The second-order valence-electron chi connectivity index (χ2n) is 9.51. The molecular weight excluding hydrogens is 418 g/mol. The minimum absolute atomic E-state index is 0.0505. The molecule has 1 aromatic carbocycles. The molecule has 2 saturated heterocycles. The second kappa shape index (κ2) is 8.50. The summed E-state index contributed by atoms with van der Waals surface area (Å²) < 4.78 is 0. The van der Waals surface area contributed by atoms with Crippen LogP contribution in [0.1, 0.15) is 54.2 Å². The molecule has 4 amide bonds. The van der Waals surface area contributed by atoms with Crippen molar-refractivity contribution in [2.75, 3.05) is 11.9 Å². The van der Waals surface area contributed by atoms with Gasteiger partial charge in [-0.05, 0) is 61.9 Å². The number of benzene rings is 1. The number of nitrogens with one attached hydrogen (secondary N) is 3. The van der Waals surface area contributed by atoms with E-state index in [2.05, 4.69) is 33.9 Å². The van der Waals surface area contributed by atoms with Crippen LogP contribution in [0.4, 0.5) is 10.6 Å². The summed E-state index contributed by atoms with van der Waals surface area (Å²) in [7, 11) is 0. The number of imide groups is 1. The van der Waals surface area contributed by atoms with Gasteiger partial charge in [0.05, 0.1) is 0 Å². The molecule has 0 spiro atoms. The van der Waals surface area contributed by atoms with Crippen LogP contribution in [0.3, 0.4) is 0 Å². The van der Waals surface area contributed by atoms with Gasteiger partial charge in [0.1, 0.15) is 11.4 Å². The number of pyridine rings is 1. The maximum absolute atomic E-state index is 13.3. The molecule has 2 aromatic rings. The number of aromatic nitrogens is 1. The van der Waals surface area contributed by atoms with E-state index >= 15 is 0 Å². The van der Waals surface area contributed by atoms with Gasteiger partial charge in [-0.3, -0.25) is 14.9 Å². The lowest BCUT2D eigenvalue weighted by molar-refractivity contribution is -0.125. The molecule has 1 aromatic heterocycles. The standard InChI is InChI=1S/C25H31N5O3/c1-14(2)25(23(32)28-24(33)29-25)19-8-6-18(7-9-19)22(31)30-13-20(11-17(30)5)27-21-16(4)10-15(3)12-26-21/h6-10,12,14,17,20H,11,13H2,1-5H3,(H,26,27)(H2,28,29,32,33)/t17-,20-,25?/m0/s1. The zero-order valence-electron chi connectivity index (χ0n) is 19.7. The molecule has 4 rings (SSSR count). The first-order valence-corrected chi connectivity index (χ1v) is 11.4. The van der Waals surface area contributed by atoms with Gasteiger partial charge in [-0.25, -0.2) is 9.78 Å². The zero-order valence-corrected chi connectivity index (χ0v) is 19.7. The first kappa shape index (κ1) is 22.8. The molecule has 2 aliphatic heterocycles. The Morgan fingerprint density at radius 1 is 1.21 bits per heavy atom. The van der Waals surface area contributed by atoms with Crippen LogP contribution in [0.15, 0.2) is 36.5 Å². The molecule has 8 heteroatoms. The van der Waals surface area contributed by atoms with Crippen LogP contribution in [-0.4, -0.2) is 46.4 Å². The van der Waals surface area contributed by atoms with Gasteiger partial charge in [-0.1, -0.05) is 32.0 Å². The molecule has 1 unspecified atom stereocenters.